The third kappa shape index (κ3) is 22.7. The Morgan fingerprint density at radius 2 is 1.06 bits per heavy atom. The molecule has 0 aliphatic rings. The highest BCUT2D eigenvalue weighted by Crippen LogP contribution is 2.08. The second kappa shape index (κ2) is 27.1. The summed E-state index contributed by atoms with van der Waals surface area (Å²) in [7, 11) is 1.00. The summed E-state index contributed by atoms with van der Waals surface area (Å²) in [6.07, 6.45) is 5.71. The average molecular weight is 459 g/mol. The molecule has 0 saturated carbocycles. The van der Waals surface area contributed by atoms with Gasteiger partial charge in [0.2, 0.25) is 0 Å². The standard InChI is InChI=1S/C16H22O4.2C4H10O.CH4O/c1-3-5-11-19-15(17)13-7-9-14(10-8-13)16(18)20-12-6-4-2;1-4(2)3-5;1-2-3-4-5;1-2/h7-10H,3-6,11-12H2,1-2H3;4-5H,3H2,1-2H3;5H,2-4H2,1H3;2H,1H3. The van der Waals surface area contributed by atoms with Crippen LogP contribution in [0.2, 0.25) is 0 Å². The fraction of sp³-hybridized carbons (Fsp3) is 0.680. The molecule has 0 radical (unpaired) electrons. The normalized spacial score (nSPS) is 9.31. The smallest absolute Gasteiger partial charge is 0.338 e. The molecule has 7 nitrogen and oxygen atoms in total. The number of hydrogen-bond acceptors (Lipinski definition) is 7. The van der Waals surface area contributed by atoms with Crippen LogP contribution in [0.15, 0.2) is 24.3 Å². The predicted octanol–water partition coefficient (Wildman–Crippen LogP) is 4.62. The number of carbonyl (C=O) groups is 2. The Kier molecular flexibility index (Phi) is 29.3. The van der Waals surface area contributed by atoms with Crippen LogP contribution in [0.5, 0.6) is 0 Å². The van der Waals surface area contributed by atoms with Crippen LogP contribution in [-0.2, 0) is 9.47 Å². The summed E-state index contributed by atoms with van der Waals surface area (Å²) >= 11 is 0. The quantitative estimate of drug-likeness (QED) is 0.327. The number of hydrogen-bond donors (Lipinski definition) is 3. The second-order valence-electron chi connectivity index (χ2n) is 7.21. The van der Waals surface area contributed by atoms with E-state index in [0.29, 0.717) is 43.5 Å². The van der Waals surface area contributed by atoms with Gasteiger partial charge >= 0.3 is 11.9 Å². The molecule has 0 heterocycles. The largest absolute Gasteiger partial charge is 0.462 e. The van der Waals surface area contributed by atoms with Gasteiger partial charge in [0.1, 0.15) is 0 Å². The third-order valence-electron chi connectivity index (χ3n) is 3.70. The molecule has 0 aliphatic heterocycles. The van der Waals surface area contributed by atoms with Crippen LogP contribution < -0.4 is 0 Å². The molecule has 32 heavy (non-hydrogen) atoms. The molecule has 1 rings (SSSR count). The Morgan fingerprint density at radius 3 is 1.25 bits per heavy atom. The first-order valence-corrected chi connectivity index (χ1v) is 11.5. The first-order chi connectivity index (χ1) is 15.4. The fourth-order valence-electron chi connectivity index (χ4n) is 1.69. The highest BCUT2D eigenvalue weighted by Gasteiger charge is 2.10. The number of esters is 2. The van der Waals surface area contributed by atoms with Gasteiger partial charge < -0.3 is 24.8 Å². The van der Waals surface area contributed by atoms with E-state index in [-0.39, 0.29) is 11.9 Å². The van der Waals surface area contributed by atoms with E-state index in [1.165, 1.54) is 0 Å². The van der Waals surface area contributed by atoms with E-state index in [0.717, 1.165) is 45.6 Å². The molecule has 0 aliphatic carbocycles. The first-order valence-electron chi connectivity index (χ1n) is 11.5. The summed E-state index contributed by atoms with van der Waals surface area (Å²) in [4.78, 5) is 23.3. The van der Waals surface area contributed by atoms with E-state index in [1.807, 2.05) is 27.7 Å². The molecule has 0 aromatic heterocycles. The second-order valence-corrected chi connectivity index (χ2v) is 7.21. The van der Waals surface area contributed by atoms with Crippen molar-refractivity contribution in [3.63, 3.8) is 0 Å². The van der Waals surface area contributed by atoms with Gasteiger partial charge in [0.05, 0.1) is 24.3 Å². The molecule has 0 atom stereocenters. The zero-order chi connectivity index (χ0) is 25.2. The van der Waals surface area contributed by atoms with Gasteiger partial charge in [-0.05, 0) is 49.4 Å². The van der Waals surface area contributed by atoms with Crippen LogP contribution >= 0.6 is 0 Å². The van der Waals surface area contributed by atoms with Crippen LogP contribution in [0.4, 0.5) is 0 Å². The van der Waals surface area contributed by atoms with Crippen LogP contribution in [0.1, 0.15) is 93.9 Å². The molecule has 1 aromatic rings. The predicted molar refractivity (Wildman–Crippen MR) is 129 cm³/mol. The molecule has 0 unspecified atom stereocenters. The van der Waals surface area contributed by atoms with Crippen molar-refractivity contribution in [3.05, 3.63) is 35.4 Å². The van der Waals surface area contributed by atoms with Crippen LogP contribution in [0.3, 0.4) is 0 Å². The van der Waals surface area contributed by atoms with Gasteiger partial charge in [0, 0.05) is 20.3 Å². The zero-order valence-corrected chi connectivity index (χ0v) is 20.9. The molecule has 188 valence electrons. The molecule has 7 heteroatoms. The maximum Gasteiger partial charge on any atom is 0.338 e. The van der Waals surface area contributed by atoms with Gasteiger partial charge in [-0.2, -0.15) is 0 Å². The van der Waals surface area contributed by atoms with Crippen molar-refractivity contribution in [1.82, 2.24) is 0 Å². The van der Waals surface area contributed by atoms with Crippen molar-refractivity contribution in [1.29, 1.82) is 0 Å². The van der Waals surface area contributed by atoms with Crippen molar-refractivity contribution in [2.24, 2.45) is 5.92 Å². The summed E-state index contributed by atoms with van der Waals surface area (Å²) in [6, 6.07) is 6.35. The Hall–Kier alpha value is -1.96. The van der Waals surface area contributed by atoms with E-state index in [2.05, 4.69) is 6.92 Å². The van der Waals surface area contributed by atoms with Crippen LogP contribution in [-0.4, -0.2) is 60.8 Å². The third-order valence-corrected chi connectivity index (χ3v) is 3.70. The molecule has 0 saturated heterocycles. The summed E-state index contributed by atoms with van der Waals surface area (Å²) in [5.74, 6) is -0.274. The Bertz CT molecular complexity index is 485. The van der Waals surface area contributed by atoms with Gasteiger partial charge in [-0.3, -0.25) is 0 Å². The van der Waals surface area contributed by atoms with E-state index >= 15 is 0 Å². The minimum atomic E-state index is -0.357. The lowest BCUT2D eigenvalue weighted by atomic mass is 10.1. The minimum Gasteiger partial charge on any atom is -0.462 e. The highest BCUT2D eigenvalue weighted by molar-refractivity contribution is 5.93. The van der Waals surface area contributed by atoms with Crippen molar-refractivity contribution in [2.75, 3.05) is 33.5 Å². The first kappa shape index (κ1) is 34.6. The molecular weight excluding hydrogens is 412 g/mol. The number of aliphatic hydroxyl groups excluding tert-OH is 3. The lowest BCUT2D eigenvalue weighted by Crippen LogP contribution is -2.09. The number of aliphatic hydroxyl groups is 3. The SMILES string of the molecule is CC(C)CO.CCCCO.CCCCOC(=O)c1ccc(C(=O)OCCCC)cc1.CO. The Labute approximate surface area is 194 Å². The van der Waals surface area contributed by atoms with Crippen molar-refractivity contribution in [3.8, 4) is 0 Å². The number of unbranched alkanes of at least 4 members (excludes halogenated alkanes) is 3. The number of benzene rings is 1. The molecule has 0 bridgehead atoms. The molecule has 0 amide bonds. The number of ether oxygens (including phenoxy) is 2. The fourth-order valence-corrected chi connectivity index (χ4v) is 1.69. The van der Waals surface area contributed by atoms with Gasteiger partial charge in [-0.1, -0.05) is 53.9 Å². The van der Waals surface area contributed by atoms with Crippen LogP contribution in [0, 0.1) is 5.92 Å². The van der Waals surface area contributed by atoms with Gasteiger partial charge in [0.15, 0.2) is 0 Å². The molecule has 0 spiro atoms. The average Bonchev–Trinajstić information content (AvgIpc) is 2.82. The maximum absolute atomic E-state index is 11.7. The van der Waals surface area contributed by atoms with Gasteiger partial charge in [-0.25, -0.2) is 9.59 Å². The molecular formula is C25H46O7. The number of carbonyl (C=O) groups excluding carboxylic acids is 2. The zero-order valence-electron chi connectivity index (χ0n) is 20.9. The van der Waals surface area contributed by atoms with E-state index in [4.69, 9.17) is 24.8 Å². The summed E-state index contributed by atoms with van der Waals surface area (Å²) in [5, 5.41) is 23.2. The van der Waals surface area contributed by atoms with E-state index in [9.17, 15) is 9.59 Å². The summed E-state index contributed by atoms with van der Waals surface area (Å²) in [6.45, 7) is 11.6. The Morgan fingerprint density at radius 1 is 0.750 bits per heavy atom. The van der Waals surface area contributed by atoms with Gasteiger partial charge in [-0.15, -0.1) is 0 Å². The lowest BCUT2D eigenvalue weighted by Gasteiger charge is -2.06. The van der Waals surface area contributed by atoms with E-state index < -0.39 is 0 Å². The molecule has 3 N–H and O–H groups in total. The van der Waals surface area contributed by atoms with E-state index in [1.54, 1.807) is 24.3 Å². The highest BCUT2D eigenvalue weighted by atomic mass is 16.5. The minimum absolute atomic E-state index is 0.306. The molecule has 0 fully saturated rings. The lowest BCUT2D eigenvalue weighted by molar-refractivity contribution is 0.0485. The number of rotatable bonds is 11. The summed E-state index contributed by atoms with van der Waals surface area (Å²) < 4.78 is 10.2. The van der Waals surface area contributed by atoms with Crippen molar-refractivity contribution in [2.45, 2.75) is 73.1 Å². The topological polar surface area (TPSA) is 113 Å². The summed E-state index contributed by atoms with van der Waals surface area (Å²) in [5.41, 5.74) is 0.900. The molecule has 1 aromatic carbocycles. The van der Waals surface area contributed by atoms with Crippen molar-refractivity contribution >= 4 is 11.9 Å². The van der Waals surface area contributed by atoms with Gasteiger partial charge in [0.25, 0.3) is 0 Å². The van der Waals surface area contributed by atoms with Crippen LogP contribution in [0.25, 0.3) is 0 Å². The monoisotopic (exact) mass is 458 g/mol. The van der Waals surface area contributed by atoms with Crippen molar-refractivity contribution < 1.29 is 34.4 Å². The maximum atomic E-state index is 11.7. The Balaban J connectivity index is -0.000000579.